The fourth-order valence-corrected chi connectivity index (χ4v) is 3.33. The van der Waals surface area contributed by atoms with Crippen LogP contribution in [0, 0.1) is 5.82 Å². The zero-order valence-corrected chi connectivity index (χ0v) is 13.4. The molecule has 0 aliphatic heterocycles. The Morgan fingerprint density at radius 3 is 2.52 bits per heavy atom. The van der Waals surface area contributed by atoms with Gasteiger partial charge in [-0.3, -0.25) is 14.7 Å². The third-order valence-electron chi connectivity index (χ3n) is 3.37. The predicted octanol–water partition coefficient (Wildman–Crippen LogP) is 0.977. The zero-order chi connectivity index (χ0) is 18.0. The Hall–Kier alpha value is -3.14. The SMILES string of the molecule is O=C(Cc1ccn(S(=O)(=O)c2ccc(F)cc2)c1)C(=O)c1ncn[nH]1. The maximum atomic E-state index is 12.9. The number of H-pyrrole nitrogens is 1. The number of ketones is 2. The van der Waals surface area contributed by atoms with Crippen molar-refractivity contribution in [3.05, 3.63) is 66.3 Å². The number of benzene rings is 1. The number of hydrogen-bond donors (Lipinski definition) is 1. The number of nitrogens with one attached hydrogen (secondary N) is 1. The molecule has 3 aromatic rings. The molecule has 25 heavy (non-hydrogen) atoms. The highest BCUT2D eigenvalue weighted by molar-refractivity contribution is 7.90. The van der Waals surface area contributed by atoms with Gasteiger partial charge in [0.2, 0.25) is 5.78 Å². The summed E-state index contributed by atoms with van der Waals surface area (Å²) < 4.78 is 38.7. The van der Waals surface area contributed by atoms with Crippen molar-refractivity contribution in [3.63, 3.8) is 0 Å². The molecule has 0 fully saturated rings. The van der Waals surface area contributed by atoms with E-state index >= 15 is 0 Å². The summed E-state index contributed by atoms with van der Waals surface area (Å²) >= 11 is 0. The Labute approximate surface area is 141 Å². The first-order valence-electron chi connectivity index (χ1n) is 6.99. The molecule has 3 rings (SSSR count). The normalized spacial score (nSPS) is 11.4. The van der Waals surface area contributed by atoms with Gasteiger partial charge in [0.1, 0.15) is 12.1 Å². The second kappa shape index (κ2) is 6.40. The molecule has 0 radical (unpaired) electrons. The number of hydrogen-bond acceptors (Lipinski definition) is 6. The third kappa shape index (κ3) is 3.38. The molecular formula is C15H11FN4O4S. The van der Waals surface area contributed by atoms with Gasteiger partial charge in [0, 0.05) is 18.8 Å². The van der Waals surface area contributed by atoms with Gasteiger partial charge in [-0.05, 0) is 35.9 Å². The lowest BCUT2D eigenvalue weighted by atomic mass is 10.1. The lowest BCUT2D eigenvalue weighted by Gasteiger charge is -2.05. The second-order valence-corrected chi connectivity index (χ2v) is 6.91. The van der Waals surface area contributed by atoms with Gasteiger partial charge >= 0.3 is 0 Å². The molecule has 128 valence electrons. The highest BCUT2D eigenvalue weighted by Gasteiger charge is 2.21. The molecule has 10 heteroatoms. The number of aromatic amines is 1. The van der Waals surface area contributed by atoms with E-state index in [1.807, 2.05) is 0 Å². The number of carbonyl (C=O) groups is 2. The Morgan fingerprint density at radius 2 is 1.88 bits per heavy atom. The first-order chi connectivity index (χ1) is 11.9. The van der Waals surface area contributed by atoms with Crippen LogP contribution in [0.5, 0.6) is 0 Å². The molecule has 0 atom stereocenters. The van der Waals surface area contributed by atoms with Crippen molar-refractivity contribution >= 4 is 21.6 Å². The van der Waals surface area contributed by atoms with Crippen LogP contribution in [0.3, 0.4) is 0 Å². The number of aromatic nitrogens is 4. The van der Waals surface area contributed by atoms with Gasteiger partial charge in [0.15, 0.2) is 5.82 Å². The smallest absolute Gasteiger partial charge is 0.267 e. The summed E-state index contributed by atoms with van der Waals surface area (Å²) in [5.41, 5.74) is 0.337. The van der Waals surface area contributed by atoms with Gasteiger partial charge in [-0.25, -0.2) is 21.8 Å². The number of rotatable bonds is 6. The van der Waals surface area contributed by atoms with Crippen LogP contribution in [0.15, 0.2) is 53.9 Å². The predicted molar refractivity (Wildman–Crippen MR) is 82.8 cm³/mol. The summed E-state index contributed by atoms with van der Waals surface area (Å²) in [5.74, 6) is -2.33. The summed E-state index contributed by atoms with van der Waals surface area (Å²) in [5, 5.41) is 5.79. The summed E-state index contributed by atoms with van der Waals surface area (Å²) in [6, 6.07) is 5.77. The fourth-order valence-electron chi connectivity index (χ4n) is 2.11. The molecule has 8 nitrogen and oxygen atoms in total. The van der Waals surface area contributed by atoms with Crippen LogP contribution in [0.1, 0.15) is 16.2 Å². The molecule has 0 amide bonds. The van der Waals surface area contributed by atoms with Gasteiger partial charge in [-0.15, -0.1) is 0 Å². The van der Waals surface area contributed by atoms with Gasteiger partial charge in [0.05, 0.1) is 4.90 Å². The Balaban J connectivity index is 1.79. The molecular weight excluding hydrogens is 351 g/mol. The lowest BCUT2D eigenvalue weighted by Crippen LogP contribution is -2.18. The topological polar surface area (TPSA) is 115 Å². The molecule has 0 aliphatic carbocycles. The number of halogens is 1. The summed E-state index contributed by atoms with van der Waals surface area (Å²) in [6.07, 6.45) is 3.29. The minimum Gasteiger partial charge on any atom is -0.290 e. The van der Waals surface area contributed by atoms with Crippen molar-refractivity contribution in [1.29, 1.82) is 0 Å². The van der Waals surface area contributed by atoms with Crippen molar-refractivity contribution in [1.82, 2.24) is 19.2 Å². The molecule has 2 aromatic heterocycles. The Bertz CT molecular complexity index is 1020. The van der Waals surface area contributed by atoms with E-state index in [4.69, 9.17) is 0 Å². The minimum atomic E-state index is -3.91. The quantitative estimate of drug-likeness (QED) is 0.516. The van der Waals surface area contributed by atoms with Crippen molar-refractivity contribution in [3.8, 4) is 0 Å². The van der Waals surface area contributed by atoms with Crippen molar-refractivity contribution < 1.29 is 22.4 Å². The van der Waals surface area contributed by atoms with E-state index in [0.717, 1.165) is 34.6 Å². The highest BCUT2D eigenvalue weighted by atomic mass is 32.2. The van der Waals surface area contributed by atoms with Crippen LogP contribution in [-0.2, 0) is 21.2 Å². The molecule has 0 spiro atoms. The van der Waals surface area contributed by atoms with Crippen LogP contribution in [0.4, 0.5) is 4.39 Å². The van der Waals surface area contributed by atoms with E-state index < -0.39 is 27.4 Å². The van der Waals surface area contributed by atoms with E-state index in [1.54, 1.807) is 0 Å². The van der Waals surface area contributed by atoms with Crippen molar-refractivity contribution in [2.24, 2.45) is 0 Å². The van der Waals surface area contributed by atoms with Crippen molar-refractivity contribution in [2.45, 2.75) is 11.3 Å². The largest absolute Gasteiger partial charge is 0.290 e. The van der Waals surface area contributed by atoms with Crippen LogP contribution in [0.2, 0.25) is 0 Å². The third-order valence-corrected chi connectivity index (χ3v) is 5.02. The zero-order valence-electron chi connectivity index (χ0n) is 12.6. The lowest BCUT2D eigenvalue weighted by molar-refractivity contribution is -0.114. The Morgan fingerprint density at radius 1 is 1.16 bits per heavy atom. The maximum absolute atomic E-state index is 12.9. The van der Waals surface area contributed by atoms with E-state index in [-0.39, 0.29) is 17.1 Å². The average Bonchev–Trinajstić information content (AvgIpc) is 3.26. The number of nitrogens with zero attached hydrogens (tertiary/aromatic N) is 3. The Kier molecular flexibility index (Phi) is 4.28. The monoisotopic (exact) mass is 362 g/mol. The van der Waals surface area contributed by atoms with Crippen LogP contribution in [-0.4, -0.2) is 39.1 Å². The van der Waals surface area contributed by atoms with E-state index in [1.165, 1.54) is 18.5 Å². The second-order valence-electron chi connectivity index (χ2n) is 5.07. The van der Waals surface area contributed by atoms with Crippen LogP contribution >= 0.6 is 0 Å². The van der Waals surface area contributed by atoms with Gasteiger partial charge in [0.25, 0.3) is 15.8 Å². The van der Waals surface area contributed by atoms with Gasteiger partial charge in [-0.2, -0.15) is 5.10 Å². The number of carbonyl (C=O) groups excluding carboxylic acids is 2. The van der Waals surface area contributed by atoms with Gasteiger partial charge < -0.3 is 0 Å². The molecule has 1 aromatic carbocycles. The molecule has 0 aliphatic rings. The fraction of sp³-hybridized carbons (Fsp3) is 0.0667. The average molecular weight is 362 g/mol. The highest BCUT2D eigenvalue weighted by Crippen LogP contribution is 2.16. The first kappa shape index (κ1) is 16.7. The molecule has 0 saturated carbocycles. The van der Waals surface area contributed by atoms with Crippen molar-refractivity contribution in [2.75, 3.05) is 0 Å². The molecule has 0 saturated heterocycles. The number of Topliss-reactive ketones (excluding diaryl/α,β-unsaturated/α-hetero) is 2. The minimum absolute atomic E-state index is 0.0971. The van der Waals surface area contributed by atoms with E-state index in [2.05, 4.69) is 15.2 Å². The summed E-state index contributed by atoms with van der Waals surface area (Å²) in [4.78, 5) is 27.3. The maximum Gasteiger partial charge on any atom is 0.267 e. The molecule has 0 unspecified atom stereocenters. The molecule has 2 heterocycles. The first-order valence-corrected chi connectivity index (χ1v) is 8.43. The van der Waals surface area contributed by atoms with Gasteiger partial charge in [-0.1, -0.05) is 0 Å². The molecule has 1 N–H and O–H groups in total. The summed E-state index contributed by atoms with van der Waals surface area (Å²) in [6.45, 7) is 0. The van der Waals surface area contributed by atoms with E-state index in [0.29, 0.717) is 5.56 Å². The van der Waals surface area contributed by atoms with Crippen LogP contribution in [0.25, 0.3) is 0 Å². The van der Waals surface area contributed by atoms with E-state index in [9.17, 15) is 22.4 Å². The van der Waals surface area contributed by atoms with Crippen LogP contribution < -0.4 is 0 Å². The summed E-state index contributed by atoms with van der Waals surface area (Å²) in [7, 11) is -3.91. The standard InChI is InChI=1S/C15H11FN4O4S/c16-11-1-3-12(4-2-11)25(23,24)20-6-5-10(8-20)7-13(21)14(22)15-17-9-18-19-15/h1-6,8-9H,7H2,(H,17,18,19). The molecule has 0 bridgehead atoms.